The van der Waals surface area contributed by atoms with Gasteiger partial charge in [0.2, 0.25) is 17.7 Å². The first-order valence-electron chi connectivity index (χ1n) is 6.25. The molecule has 0 spiro atoms. The van der Waals surface area contributed by atoms with E-state index < -0.39 is 0 Å². The van der Waals surface area contributed by atoms with Gasteiger partial charge in [-0.05, 0) is 12.1 Å². The van der Waals surface area contributed by atoms with Gasteiger partial charge in [-0.1, -0.05) is 12.1 Å². The topological polar surface area (TPSA) is 80.0 Å². The predicted octanol–water partition coefficient (Wildman–Crippen LogP) is 1.65. The molecule has 2 aromatic rings. The van der Waals surface area contributed by atoms with Gasteiger partial charge < -0.3 is 9.73 Å². The Bertz CT molecular complexity index is 622. The van der Waals surface area contributed by atoms with Crippen molar-refractivity contribution in [2.45, 2.75) is 13.0 Å². The average molecular weight is 290 g/mol. The lowest BCUT2D eigenvalue weighted by Gasteiger charge is -2.12. The van der Waals surface area contributed by atoms with E-state index in [0.29, 0.717) is 17.5 Å². The number of hydrogen-bond donors (Lipinski definition) is 2. The fraction of sp³-hybridized carbons (Fsp3) is 0.308. The number of amides is 1. The third-order valence-electron chi connectivity index (χ3n) is 2.97. The number of carbonyl (C=O) groups excluding carboxylic acids is 1. The normalized spacial score (nSPS) is 18.1. The molecule has 104 valence electrons. The van der Waals surface area contributed by atoms with Crippen molar-refractivity contribution in [3.8, 4) is 11.5 Å². The van der Waals surface area contributed by atoms with Gasteiger partial charge in [-0.15, -0.1) is 22.0 Å². The maximum Gasteiger partial charge on any atom is 0.249 e. The first-order chi connectivity index (χ1) is 9.74. The SMILES string of the molecule is Cc1nnc(-c2ccccc2NC(=O)C2CSCN2)o1. The highest BCUT2D eigenvalue weighted by Gasteiger charge is 2.23. The molecule has 1 fully saturated rings. The molecule has 1 aliphatic rings. The van der Waals surface area contributed by atoms with E-state index in [-0.39, 0.29) is 11.9 Å². The van der Waals surface area contributed by atoms with E-state index in [1.54, 1.807) is 18.7 Å². The molecule has 1 atom stereocenters. The maximum absolute atomic E-state index is 12.1. The minimum absolute atomic E-state index is 0.0429. The van der Waals surface area contributed by atoms with Crippen molar-refractivity contribution < 1.29 is 9.21 Å². The minimum atomic E-state index is -0.155. The van der Waals surface area contributed by atoms with Crippen molar-refractivity contribution in [3.05, 3.63) is 30.2 Å². The second-order valence-electron chi connectivity index (χ2n) is 4.43. The molecule has 1 unspecified atom stereocenters. The summed E-state index contributed by atoms with van der Waals surface area (Å²) in [4.78, 5) is 12.1. The zero-order valence-corrected chi connectivity index (χ0v) is 11.7. The second kappa shape index (κ2) is 5.64. The van der Waals surface area contributed by atoms with E-state index >= 15 is 0 Å². The molecule has 20 heavy (non-hydrogen) atoms. The summed E-state index contributed by atoms with van der Waals surface area (Å²) in [5.74, 6) is 2.46. The number of para-hydroxylation sites is 1. The van der Waals surface area contributed by atoms with E-state index in [0.717, 1.165) is 17.2 Å². The molecule has 0 saturated carbocycles. The number of aryl methyl sites for hydroxylation is 1. The van der Waals surface area contributed by atoms with Gasteiger partial charge in [-0.2, -0.15) is 0 Å². The Balaban J connectivity index is 1.84. The van der Waals surface area contributed by atoms with Crippen molar-refractivity contribution >= 4 is 23.4 Å². The van der Waals surface area contributed by atoms with Crippen molar-refractivity contribution in [2.75, 3.05) is 16.9 Å². The summed E-state index contributed by atoms with van der Waals surface area (Å²) in [5, 5.41) is 13.9. The van der Waals surface area contributed by atoms with Crippen LogP contribution in [0, 0.1) is 6.92 Å². The van der Waals surface area contributed by atoms with Crippen LogP contribution >= 0.6 is 11.8 Å². The van der Waals surface area contributed by atoms with Crippen LogP contribution in [0.5, 0.6) is 0 Å². The molecule has 2 N–H and O–H groups in total. The number of thioether (sulfide) groups is 1. The second-order valence-corrected chi connectivity index (χ2v) is 5.46. The summed E-state index contributed by atoms with van der Waals surface area (Å²) >= 11 is 1.71. The summed E-state index contributed by atoms with van der Waals surface area (Å²) in [6, 6.07) is 7.25. The predicted molar refractivity (Wildman–Crippen MR) is 77.3 cm³/mol. The molecule has 7 heteroatoms. The zero-order valence-electron chi connectivity index (χ0n) is 10.9. The minimum Gasteiger partial charge on any atom is -0.421 e. The molecule has 0 aliphatic carbocycles. The van der Waals surface area contributed by atoms with Crippen LogP contribution in [0.2, 0.25) is 0 Å². The van der Waals surface area contributed by atoms with E-state index in [4.69, 9.17) is 4.42 Å². The summed E-state index contributed by atoms with van der Waals surface area (Å²) in [6.07, 6.45) is 0. The van der Waals surface area contributed by atoms with Gasteiger partial charge in [0.25, 0.3) is 0 Å². The molecule has 6 nitrogen and oxygen atoms in total. The van der Waals surface area contributed by atoms with Crippen molar-refractivity contribution in [1.82, 2.24) is 15.5 Å². The highest BCUT2D eigenvalue weighted by atomic mass is 32.2. The zero-order chi connectivity index (χ0) is 13.9. The molecule has 1 saturated heterocycles. The van der Waals surface area contributed by atoms with E-state index in [1.807, 2.05) is 24.3 Å². The molecule has 1 aromatic heterocycles. The highest BCUT2D eigenvalue weighted by molar-refractivity contribution is 7.99. The molecular formula is C13H14N4O2S. The van der Waals surface area contributed by atoms with Gasteiger partial charge in [0.1, 0.15) is 0 Å². The first-order valence-corrected chi connectivity index (χ1v) is 7.41. The largest absolute Gasteiger partial charge is 0.421 e. The number of carbonyl (C=O) groups is 1. The van der Waals surface area contributed by atoms with Crippen molar-refractivity contribution in [1.29, 1.82) is 0 Å². The fourth-order valence-electron chi connectivity index (χ4n) is 1.97. The Morgan fingerprint density at radius 1 is 1.45 bits per heavy atom. The van der Waals surface area contributed by atoms with E-state index in [1.165, 1.54) is 0 Å². The molecular weight excluding hydrogens is 276 g/mol. The Hall–Kier alpha value is -1.86. The van der Waals surface area contributed by atoms with E-state index in [2.05, 4.69) is 20.8 Å². The van der Waals surface area contributed by atoms with Gasteiger partial charge in [0.05, 0.1) is 17.3 Å². The molecule has 0 bridgehead atoms. The Labute approximate surface area is 120 Å². The lowest BCUT2D eigenvalue weighted by atomic mass is 10.1. The summed E-state index contributed by atoms with van der Waals surface area (Å²) in [5.41, 5.74) is 1.41. The van der Waals surface area contributed by atoms with Gasteiger partial charge in [-0.25, -0.2) is 0 Å². The number of anilines is 1. The number of rotatable bonds is 3. The lowest BCUT2D eigenvalue weighted by molar-refractivity contribution is -0.117. The monoisotopic (exact) mass is 290 g/mol. The summed E-state index contributed by atoms with van der Waals surface area (Å²) < 4.78 is 5.42. The quantitative estimate of drug-likeness (QED) is 0.894. The van der Waals surface area contributed by atoms with Crippen LogP contribution in [0.15, 0.2) is 28.7 Å². The number of hydrogen-bond acceptors (Lipinski definition) is 6. The fourth-order valence-corrected chi connectivity index (χ4v) is 2.91. The molecule has 0 radical (unpaired) electrons. The van der Waals surface area contributed by atoms with Crippen LogP contribution in [0.3, 0.4) is 0 Å². The number of aromatic nitrogens is 2. The lowest BCUT2D eigenvalue weighted by Crippen LogP contribution is -2.37. The molecule has 3 rings (SSSR count). The van der Waals surface area contributed by atoms with Crippen LogP contribution in [-0.2, 0) is 4.79 Å². The van der Waals surface area contributed by atoms with Crippen LogP contribution < -0.4 is 10.6 Å². The standard InChI is InChI=1S/C13H14N4O2S/c1-8-16-17-13(19-8)9-4-2-3-5-10(9)15-12(18)11-6-20-7-14-11/h2-5,11,14H,6-7H2,1H3,(H,15,18). The molecule has 2 heterocycles. The van der Waals surface area contributed by atoms with Gasteiger partial charge >= 0.3 is 0 Å². The Morgan fingerprint density at radius 3 is 3.00 bits per heavy atom. The first kappa shape index (κ1) is 13.1. The van der Waals surface area contributed by atoms with Crippen molar-refractivity contribution in [2.24, 2.45) is 0 Å². The molecule has 1 aromatic carbocycles. The number of nitrogens with one attached hydrogen (secondary N) is 2. The van der Waals surface area contributed by atoms with Crippen LogP contribution in [0.25, 0.3) is 11.5 Å². The average Bonchev–Trinajstić information content (AvgIpc) is 3.10. The van der Waals surface area contributed by atoms with Gasteiger partial charge in [0, 0.05) is 18.6 Å². The maximum atomic E-state index is 12.1. The smallest absolute Gasteiger partial charge is 0.249 e. The third-order valence-corrected chi connectivity index (χ3v) is 3.91. The van der Waals surface area contributed by atoms with Gasteiger partial charge in [-0.3, -0.25) is 10.1 Å². The third kappa shape index (κ3) is 2.68. The highest BCUT2D eigenvalue weighted by Crippen LogP contribution is 2.27. The van der Waals surface area contributed by atoms with Gasteiger partial charge in [0.15, 0.2) is 0 Å². The van der Waals surface area contributed by atoms with Crippen LogP contribution in [0.4, 0.5) is 5.69 Å². The summed E-state index contributed by atoms with van der Waals surface area (Å²) in [7, 11) is 0. The number of benzene rings is 1. The molecule has 1 amide bonds. The van der Waals surface area contributed by atoms with Crippen molar-refractivity contribution in [3.63, 3.8) is 0 Å². The van der Waals surface area contributed by atoms with Crippen LogP contribution in [-0.4, -0.2) is 33.8 Å². The Kier molecular flexibility index (Phi) is 3.70. The summed E-state index contributed by atoms with van der Waals surface area (Å²) in [6.45, 7) is 1.73. The molecule has 1 aliphatic heterocycles. The van der Waals surface area contributed by atoms with E-state index in [9.17, 15) is 4.79 Å². The van der Waals surface area contributed by atoms with Crippen LogP contribution in [0.1, 0.15) is 5.89 Å². The number of nitrogens with zero attached hydrogens (tertiary/aromatic N) is 2. The Morgan fingerprint density at radius 2 is 2.30 bits per heavy atom.